The Morgan fingerprint density at radius 1 is 0.833 bits per heavy atom. The fraction of sp³-hybridized carbons (Fsp3) is 0.344. The minimum absolute atomic E-state index is 0.116. The first-order chi connectivity index (χ1) is 17.7. The Hall–Kier alpha value is -3.37. The van der Waals surface area contributed by atoms with Crippen LogP contribution in [0.5, 0.6) is 0 Å². The second-order valence-corrected chi connectivity index (χ2v) is 10.5. The van der Waals surface area contributed by atoms with Gasteiger partial charge in [-0.25, -0.2) is 0 Å². The summed E-state index contributed by atoms with van der Waals surface area (Å²) in [6.07, 6.45) is 5.19. The Morgan fingerprint density at radius 3 is 2.44 bits per heavy atom. The smallest absolute Gasteiger partial charge is 0.223 e. The highest BCUT2D eigenvalue weighted by Crippen LogP contribution is 2.31. The van der Waals surface area contributed by atoms with Crippen molar-refractivity contribution in [3.05, 3.63) is 107 Å². The van der Waals surface area contributed by atoms with Crippen LogP contribution in [0.25, 0.3) is 10.9 Å². The molecule has 1 N–H and O–H groups in total. The third-order valence-corrected chi connectivity index (χ3v) is 8.11. The van der Waals surface area contributed by atoms with Crippen LogP contribution in [-0.2, 0) is 24.3 Å². The number of hydrogen-bond acceptors (Lipinski definition) is 2. The fourth-order valence-corrected chi connectivity index (χ4v) is 6.13. The number of amides is 1. The number of carbonyl (C=O) groups excluding carboxylic acids is 1. The molecule has 0 radical (unpaired) electrons. The van der Waals surface area contributed by atoms with Gasteiger partial charge in [0.25, 0.3) is 0 Å². The number of nitrogens with one attached hydrogen (secondary N) is 1. The van der Waals surface area contributed by atoms with Gasteiger partial charge in [-0.05, 0) is 79.4 Å². The molecule has 184 valence electrons. The summed E-state index contributed by atoms with van der Waals surface area (Å²) in [5.41, 5.74) is 6.68. The van der Waals surface area contributed by atoms with Gasteiger partial charge < -0.3 is 9.88 Å². The van der Waals surface area contributed by atoms with Crippen LogP contribution in [0.2, 0.25) is 0 Å². The van der Waals surface area contributed by atoms with E-state index in [1.54, 1.807) is 0 Å². The Morgan fingerprint density at radius 2 is 1.58 bits per heavy atom. The molecule has 2 aliphatic rings. The maximum absolute atomic E-state index is 13.2. The molecule has 4 aromatic rings. The molecule has 1 aliphatic carbocycles. The van der Waals surface area contributed by atoms with Crippen molar-refractivity contribution in [3.8, 4) is 0 Å². The number of benzene rings is 3. The van der Waals surface area contributed by atoms with Crippen LogP contribution in [-0.4, -0.2) is 28.5 Å². The molecule has 0 spiro atoms. The van der Waals surface area contributed by atoms with E-state index in [9.17, 15) is 4.79 Å². The predicted octanol–water partition coefficient (Wildman–Crippen LogP) is 6.10. The van der Waals surface area contributed by atoms with Gasteiger partial charge in [0.1, 0.15) is 0 Å². The van der Waals surface area contributed by atoms with Crippen molar-refractivity contribution >= 4 is 16.8 Å². The molecule has 1 atom stereocenters. The van der Waals surface area contributed by atoms with E-state index in [1.165, 1.54) is 33.3 Å². The highest BCUT2D eigenvalue weighted by atomic mass is 16.1. The van der Waals surface area contributed by atoms with Gasteiger partial charge in [0.05, 0.1) is 6.04 Å². The van der Waals surface area contributed by atoms with Gasteiger partial charge in [0.2, 0.25) is 5.91 Å². The van der Waals surface area contributed by atoms with Crippen molar-refractivity contribution in [2.24, 2.45) is 5.92 Å². The third-order valence-electron chi connectivity index (χ3n) is 8.11. The molecule has 3 aromatic carbocycles. The van der Waals surface area contributed by atoms with Crippen LogP contribution < -0.4 is 5.32 Å². The summed E-state index contributed by atoms with van der Waals surface area (Å²) in [6.45, 7) is 3.73. The number of para-hydroxylation sites is 1. The number of carbonyl (C=O) groups is 1. The average Bonchev–Trinajstić information content (AvgIpc) is 3.26. The van der Waals surface area contributed by atoms with Gasteiger partial charge in [-0.2, -0.15) is 0 Å². The summed E-state index contributed by atoms with van der Waals surface area (Å²) >= 11 is 0. The first-order valence-corrected chi connectivity index (χ1v) is 13.5. The summed E-state index contributed by atoms with van der Waals surface area (Å²) in [5, 5.41) is 4.70. The number of aromatic nitrogens is 1. The van der Waals surface area contributed by atoms with E-state index in [2.05, 4.69) is 99.7 Å². The topological polar surface area (TPSA) is 37.3 Å². The number of rotatable bonds is 6. The van der Waals surface area contributed by atoms with Crippen LogP contribution in [0.15, 0.2) is 84.9 Å². The van der Waals surface area contributed by atoms with E-state index < -0.39 is 0 Å². The zero-order valence-electron chi connectivity index (χ0n) is 20.9. The molecule has 0 unspecified atom stereocenters. The first-order valence-electron chi connectivity index (χ1n) is 13.5. The Kier molecular flexibility index (Phi) is 6.61. The normalized spacial score (nSPS) is 18.7. The maximum atomic E-state index is 13.2. The molecule has 1 aliphatic heterocycles. The Bertz CT molecular complexity index is 1330. The van der Waals surface area contributed by atoms with Crippen LogP contribution in [0, 0.1) is 5.92 Å². The summed E-state index contributed by atoms with van der Waals surface area (Å²) < 4.78 is 2.46. The van der Waals surface area contributed by atoms with Crippen molar-refractivity contribution in [2.45, 2.75) is 51.2 Å². The van der Waals surface area contributed by atoms with E-state index in [-0.39, 0.29) is 17.9 Å². The molecule has 1 saturated heterocycles. The van der Waals surface area contributed by atoms with Gasteiger partial charge in [-0.3, -0.25) is 9.69 Å². The zero-order valence-corrected chi connectivity index (χ0v) is 20.9. The van der Waals surface area contributed by atoms with Crippen molar-refractivity contribution in [1.29, 1.82) is 0 Å². The molecule has 1 amide bonds. The van der Waals surface area contributed by atoms with Crippen molar-refractivity contribution in [2.75, 3.05) is 13.1 Å². The van der Waals surface area contributed by atoms with Gasteiger partial charge in [0.15, 0.2) is 0 Å². The van der Waals surface area contributed by atoms with Crippen molar-refractivity contribution in [1.82, 2.24) is 14.8 Å². The van der Waals surface area contributed by atoms with Crippen LogP contribution in [0.4, 0.5) is 0 Å². The molecule has 36 heavy (non-hydrogen) atoms. The van der Waals surface area contributed by atoms with Gasteiger partial charge in [-0.15, -0.1) is 0 Å². The number of fused-ring (bicyclic) bond motifs is 2. The SMILES string of the molecule is O=C(N[C@@H]1CCCc2ccccc21)C1CCN(Cc2cc3ccccc3n2Cc2ccccc2)CC1. The fourth-order valence-electron chi connectivity index (χ4n) is 6.13. The summed E-state index contributed by atoms with van der Waals surface area (Å²) in [7, 11) is 0. The highest BCUT2D eigenvalue weighted by molar-refractivity contribution is 5.81. The van der Waals surface area contributed by atoms with Gasteiger partial charge >= 0.3 is 0 Å². The quantitative estimate of drug-likeness (QED) is 0.365. The molecule has 1 aromatic heterocycles. The molecule has 2 heterocycles. The maximum Gasteiger partial charge on any atom is 0.223 e. The lowest BCUT2D eigenvalue weighted by atomic mass is 9.87. The largest absolute Gasteiger partial charge is 0.349 e. The number of likely N-dealkylation sites (tertiary alicyclic amines) is 1. The minimum atomic E-state index is 0.116. The molecule has 1 fully saturated rings. The molecule has 4 nitrogen and oxygen atoms in total. The predicted molar refractivity (Wildman–Crippen MR) is 146 cm³/mol. The lowest BCUT2D eigenvalue weighted by Gasteiger charge is -2.33. The summed E-state index contributed by atoms with van der Waals surface area (Å²) in [5.74, 6) is 0.361. The zero-order chi connectivity index (χ0) is 24.3. The number of piperidine rings is 1. The van der Waals surface area contributed by atoms with E-state index in [0.29, 0.717) is 0 Å². The lowest BCUT2D eigenvalue weighted by Crippen LogP contribution is -2.42. The third kappa shape index (κ3) is 4.83. The molecule has 4 heteroatoms. The number of hydrogen-bond donors (Lipinski definition) is 1. The van der Waals surface area contributed by atoms with E-state index >= 15 is 0 Å². The second kappa shape index (κ2) is 10.3. The lowest BCUT2D eigenvalue weighted by molar-refractivity contribution is -0.127. The van der Waals surface area contributed by atoms with Gasteiger partial charge in [-0.1, -0.05) is 72.8 Å². The first kappa shape index (κ1) is 23.1. The molecule has 0 saturated carbocycles. The molecule has 6 rings (SSSR count). The number of aryl methyl sites for hydroxylation is 1. The van der Waals surface area contributed by atoms with Gasteiger partial charge in [0, 0.05) is 30.2 Å². The Labute approximate surface area is 213 Å². The van der Waals surface area contributed by atoms with Crippen LogP contribution in [0.3, 0.4) is 0 Å². The standard InChI is InChI=1S/C32H35N3O/c36-32(33-30-15-8-13-25-11-4-6-14-29(25)30)26-17-19-34(20-18-26)23-28-21-27-12-5-7-16-31(27)35(28)22-24-9-2-1-3-10-24/h1-7,9-12,14,16,21,26,30H,8,13,15,17-20,22-23H2,(H,33,36)/t30-/m1/s1. The number of nitrogens with zero attached hydrogens (tertiary/aromatic N) is 2. The monoisotopic (exact) mass is 477 g/mol. The molecular weight excluding hydrogens is 442 g/mol. The Balaban J connectivity index is 1.11. The van der Waals surface area contributed by atoms with E-state index in [4.69, 9.17) is 0 Å². The summed E-state index contributed by atoms with van der Waals surface area (Å²) in [6, 6.07) is 30.5. The molecule has 0 bridgehead atoms. The minimum Gasteiger partial charge on any atom is -0.349 e. The van der Waals surface area contributed by atoms with E-state index in [1.807, 2.05) is 0 Å². The van der Waals surface area contributed by atoms with Crippen LogP contribution >= 0.6 is 0 Å². The summed E-state index contributed by atoms with van der Waals surface area (Å²) in [4.78, 5) is 15.7. The van der Waals surface area contributed by atoms with Crippen LogP contribution in [0.1, 0.15) is 54.1 Å². The molecular formula is C32H35N3O. The highest BCUT2D eigenvalue weighted by Gasteiger charge is 2.29. The van der Waals surface area contributed by atoms with Crippen molar-refractivity contribution < 1.29 is 4.79 Å². The average molecular weight is 478 g/mol. The second-order valence-electron chi connectivity index (χ2n) is 10.5. The van der Waals surface area contributed by atoms with E-state index in [0.717, 1.165) is 58.3 Å². The van der Waals surface area contributed by atoms with Crippen molar-refractivity contribution in [3.63, 3.8) is 0 Å².